The van der Waals surface area contributed by atoms with E-state index in [-0.39, 0.29) is 17.7 Å². The van der Waals surface area contributed by atoms with Crippen LogP contribution in [0.4, 0.5) is 5.69 Å². The van der Waals surface area contributed by atoms with Gasteiger partial charge < -0.3 is 4.74 Å². The lowest BCUT2D eigenvalue weighted by molar-refractivity contribution is -0.385. The highest BCUT2D eigenvalue weighted by atomic mass is 16.6. The summed E-state index contributed by atoms with van der Waals surface area (Å²) in [5, 5.41) is 10.8. The van der Waals surface area contributed by atoms with Crippen LogP contribution in [0, 0.1) is 17.0 Å². The molecule has 1 aliphatic heterocycles. The molecule has 0 bridgehead atoms. The minimum Gasteiger partial charge on any atom is -0.393 e. The van der Waals surface area contributed by atoms with Crippen LogP contribution in [0.2, 0.25) is 0 Å². The zero-order valence-corrected chi connectivity index (χ0v) is 9.00. The molecule has 1 aliphatic rings. The van der Waals surface area contributed by atoms with Crippen molar-refractivity contribution >= 4 is 17.6 Å². The molecular formula is C11H9NO5. The van der Waals surface area contributed by atoms with E-state index in [9.17, 15) is 19.7 Å². The lowest BCUT2D eigenvalue weighted by atomic mass is 9.94. The Kier molecular flexibility index (Phi) is 2.63. The number of carbonyl (C=O) groups excluding carboxylic acids is 2. The summed E-state index contributed by atoms with van der Waals surface area (Å²) in [6, 6.07) is 4.47. The molecule has 1 fully saturated rings. The molecule has 0 N–H and O–H groups in total. The predicted molar refractivity (Wildman–Crippen MR) is 56.3 cm³/mol. The van der Waals surface area contributed by atoms with Crippen LogP contribution in [-0.2, 0) is 14.3 Å². The summed E-state index contributed by atoms with van der Waals surface area (Å²) in [6.07, 6.45) is -0.136. The minimum atomic E-state index is -0.859. The van der Waals surface area contributed by atoms with E-state index in [0.717, 1.165) is 5.56 Å². The SMILES string of the molecule is Cc1ccc([N+](=O)[O-])c(C2CC(=O)OC2=O)c1. The standard InChI is InChI=1S/C11H9NO5/c1-6-2-3-9(12(15)16)7(4-6)8-5-10(13)17-11(8)14/h2-4,8H,5H2,1H3. The second-order valence-corrected chi connectivity index (χ2v) is 3.87. The van der Waals surface area contributed by atoms with Gasteiger partial charge in [-0.05, 0) is 13.0 Å². The van der Waals surface area contributed by atoms with Gasteiger partial charge in [-0.15, -0.1) is 0 Å². The number of aryl methyl sites for hydroxylation is 1. The van der Waals surface area contributed by atoms with Crippen molar-refractivity contribution in [3.8, 4) is 0 Å². The summed E-state index contributed by atoms with van der Waals surface area (Å²) < 4.78 is 4.40. The molecule has 0 aromatic heterocycles. The molecule has 6 nitrogen and oxygen atoms in total. The predicted octanol–water partition coefficient (Wildman–Crippen LogP) is 1.46. The number of benzene rings is 1. The van der Waals surface area contributed by atoms with Gasteiger partial charge in [0.15, 0.2) is 0 Å². The third-order valence-electron chi connectivity index (χ3n) is 2.62. The zero-order chi connectivity index (χ0) is 12.6. The van der Waals surface area contributed by atoms with Crippen molar-refractivity contribution in [2.45, 2.75) is 19.3 Å². The van der Waals surface area contributed by atoms with Crippen LogP contribution in [-0.4, -0.2) is 16.9 Å². The lowest BCUT2D eigenvalue weighted by Crippen LogP contribution is -2.08. The number of rotatable bonds is 2. The Morgan fingerprint density at radius 3 is 2.65 bits per heavy atom. The minimum absolute atomic E-state index is 0.136. The number of nitro benzene ring substituents is 1. The van der Waals surface area contributed by atoms with E-state index in [1.54, 1.807) is 19.1 Å². The van der Waals surface area contributed by atoms with Gasteiger partial charge in [-0.25, -0.2) is 0 Å². The number of hydrogen-bond acceptors (Lipinski definition) is 5. The van der Waals surface area contributed by atoms with Crippen molar-refractivity contribution in [2.75, 3.05) is 0 Å². The van der Waals surface area contributed by atoms with E-state index in [0.29, 0.717) is 0 Å². The molecule has 17 heavy (non-hydrogen) atoms. The Morgan fingerprint density at radius 2 is 2.12 bits per heavy atom. The summed E-state index contributed by atoms with van der Waals surface area (Å²) in [7, 11) is 0. The van der Waals surface area contributed by atoms with E-state index in [4.69, 9.17) is 0 Å². The summed E-state index contributed by atoms with van der Waals surface area (Å²) >= 11 is 0. The molecule has 0 spiro atoms. The van der Waals surface area contributed by atoms with Crippen LogP contribution < -0.4 is 0 Å². The second kappa shape index (κ2) is 3.97. The zero-order valence-electron chi connectivity index (χ0n) is 9.00. The van der Waals surface area contributed by atoms with E-state index in [1.165, 1.54) is 6.07 Å². The molecule has 1 heterocycles. The van der Waals surface area contributed by atoms with Crippen LogP contribution in [0.5, 0.6) is 0 Å². The van der Waals surface area contributed by atoms with Crippen LogP contribution >= 0.6 is 0 Å². The van der Waals surface area contributed by atoms with E-state index >= 15 is 0 Å². The fourth-order valence-electron chi connectivity index (χ4n) is 1.83. The van der Waals surface area contributed by atoms with E-state index in [1.807, 2.05) is 0 Å². The molecule has 0 radical (unpaired) electrons. The maximum absolute atomic E-state index is 11.4. The van der Waals surface area contributed by atoms with E-state index in [2.05, 4.69) is 4.74 Å². The van der Waals surface area contributed by atoms with Gasteiger partial charge in [0.2, 0.25) is 0 Å². The van der Waals surface area contributed by atoms with Gasteiger partial charge in [0, 0.05) is 11.6 Å². The monoisotopic (exact) mass is 235 g/mol. The number of nitro groups is 1. The molecule has 0 amide bonds. The Balaban J connectivity index is 2.50. The number of nitrogens with zero attached hydrogens (tertiary/aromatic N) is 1. The average Bonchev–Trinajstić information content (AvgIpc) is 2.57. The summed E-state index contributed by atoms with van der Waals surface area (Å²) in [6.45, 7) is 1.76. The number of esters is 2. The van der Waals surface area contributed by atoms with Gasteiger partial charge in [0.25, 0.3) is 5.69 Å². The molecule has 1 aromatic rings. The number of carbonyl (C=O) groups is 2. The van der Waals surface area contributed by atoms with Crippen LogP contribution in [0.1, 0.15) is 23.5 Å². The molecule has 0 saturated carbocycles. The van der Waals surface area contributed by atoms with Crippen LogP contribution in [0.25, 0.3) is 0 Å². The van der Waals surface area contributed by atoms with Crippen LogP contribution in [0.3, 0.4) is 0 Å². The van der Waals surface area contributed by atoms with Crippen molar-refractivity contribution in [1.29, 1.82) is 0 Å². The summed E-state index contributed by atoms with van der Waals surface area (Å²) in [4.78, 5) is 32.7. The number of hydrogen-bond donors (Lipinski definition) is 0. The molecule has 88 valence electrons. The van der Waals surface area contributed by atoms with Gasteiger partial charge in [0.05, 0.1) is 17.3 Å². The molecule has 1 saturated heterocycles. The highest BCUT2D eigenvalue weighted by Gasteiger charge is 2.38. The fourth-order valence-corrected chi connectivity index (χ4v) is 1.83. The first-order chi connectivity index (χ1) is 7.99. The van der Waals surface area contributed by atoms with Gasteiger partial charge in [-0.2, -0.15) is 0 Å². The first kappa shape index (κ1) is 11.3. The van der Waals surface area contributed by atoms with Crippen LogP contribution in [0.15, 0.2) is 18.2 Å². The Hall–Kier alpha value is -2.24. The fraction of sp³-hybridized carbons (Fsp3) is 0.273. The lowest BCUT2D eigenvalue weighted by Gasteiger charge is -2.06. The Morgan fingerprint density at radius 1 is 1.41 bits per heavy atom. The summed E-state index contributed by atoms with van der Waals surface area (Å²) in [5.41, 5.74) is 0.871. The molecule has 6 heteroatoms. The second-order valence-electron chi connectivity index (χ2n) is 3.87. The van der Waals surface area contributed by atoms with Gasteiger partial charge >= 0.3 is 11.9 Å². The number of cyclic esters (lactones) is 2. The third kappa shape index (κ3) is 2.01. The molecule has 2 rings (SSSR count). The topological polar surface area (TPSA) is 86.5 Å². The highest BCUT2D eigenvalue weighted by molar-refractivity contribution is 5.98. The van der Waals surface area contributed by atoms with Crippen molar-refractivity contribution in [3.05, 3.63) is 39.4 Å². The highest BCUT2D eigenvalue weighted by Crippen LogP contribution is 2.34. The molecule has 1 aromatic carbocycles. The van der Waals surface area contributed by atoms with Crippen molar-refractivity contribution in [1.82, 2.24) is 0 Å². The van der Waals surface area contributed by atoms with Crippen molar-refractivity contribution in [2.24, 2.45) is 0 Å². The quantitative estimate of drug-likeness (QED) is 0.335. The first-order valence-electron chi connectivity index (χ1n) is 4.98. The molecule has 1 atom stereocenters. The van der Waals surface area contributed by atoms with Gasteiger partial charge in [0.1, 0.15) is 0 Å². The number of ether oxygens (including phenoxy) is 1. The molecular weight excluding hydrogens is 226 g/mol. The molecule has 0 aliphatic carbocycles. The normalized spacial score (nSPS) is 19.2. The van der Waals surface area contributed by atoms with Gasteiger partial charge in [-0.3, -0.25) is 19.7 Å². The average molecular weight is 235 g/mol. The van der Waals surface area contributed by atoms with E-state index < -0.39 is 22.8 Å². The maximum Gasteiger partial charge on any atom is 0.321 e. The first-order valence-corrected chi connectivity index (χ1v) is 4.98. The Labute approximate surface area is 96.3 Å². The molecule has 1 unspecified atom stereocenters. The van der Waals surface area contributed by atoms with Crippen molar-refractivity contribution in [3.63, 3.8) is 0 Å². The third-order valence-corrected chi connectivity index (χ3v) is 2.62. The smallest absolute Gasteiger partial charge is 0.321 e. The van der Waals surface area contributed by atoms with Crippen molar-refractivity contribution < 1.29 is 19.2 Å². The largest absolute Gasteiger partial charge is 0.393 e. The maximum atomic E-state index is 11.4. The summed E-state index contributed by atoms with van der Waals surface area (Å²) in [5.74, 6) is -2.22. The van der Waals surface area contributed by atoms with Gasteiger partial charge in [-0.1, -0.05) is 11.6 Å². The Bertz CT molecular complexity index is 523.